The molecule has 31 heavy (non-hydrogen) atoms. The Morgan fingerprint density at radius 3 is 2.35 bits per heavy atom. The largest absolute Gasteiger partial charge is 0.381 e. The summed E-state index contributed by atoms with van der Waals surface area (Å²) in [5, 5.41) is 0. The number of sulfone groups is 1. The van der Waals surface area contributed by atoms with Crippen LogP contribution in [0.15, 0.2) is 51.1 Å². The lowest BCUT2D eigenvalue weighted by molar-refractivity contribution is -0.000437. The molecule has 1 saturated heterocycles. The first-order valence-electron chi connectivity index (χ1n) is 10.4. The molecule has 2 aromatic rings. The van der Waals surface area contributed by atoms with Crippen molar-refractivity contribution in [3.8, 4) is 0 Å². The molecule has 0 spiro atoms. The first kappa shape index (κ1) is 22.4. The minimum absolute atomic E-state index is 0.0548. The summed E-state index contributed by atoms with van der Waals surface area (Å²) in [5.41, 5.74) is 1.69. The summed E-state index contributed by atoms with van der Waals surface area (Å²) in [6.45, 7) is 4.20. The molecule has 2 heterocycles. The van der Waals surface area contributed by atoms with Gasteiger partial charge in [0, 0.05) is 13.2 Å². The molecule has 0 N–H and O–H groups in total. The lowest BCUT2D eigenvalue weighted by Gasteiger charge is -2.28. The molecule has 0 radical (unpaired) electrons. The van der Waals surface area contributed by atoms with Gasteiger partial charge in [-0.2, -0.15) is 0 Å². The number of hydrogen-bond acceptors (Lipinski definition) is 5. The Kier molecular flexibility index (Phi) is 5.97. The molecular weight excluding hydrogens is 441 g/mol. The fraction of sp³-hybridized carbons (Fsp3) is 0.455. The summed E-state index contributed by atoms with van der Waals surface area (Å²) < 4.78 is 73.8. The predicted molar refractivity (Wildman–Crippen MR) is 114 cm³/mol. The Labute approximate surface area is 182 Å². The van der Waals surface area contributed by atoms with Crippen molar-refractivity contribution in [2.24, 2.45) is 0 Å². The first-order valence-corrected chi connectivity index (χ1v) is 13.3. The molecule has 0 amide bonds. The third-order valence-corrected chi connectivity index (χ3v) is 9.62. The van der Waals surface area contributed by atoms with Gasteiger partial charge in [0.05, 0.1) is 20.7 Å². The van der Waals surface area contributed by atoms with Crippen molar-refractivity contribution in [1.82, 2.24) is 4.53 Å². The Morgan fingerprint density at radius 1 is 1.03 bits per heavy atom. The molecule has 4 rings (SSSR count). The van der Waals surface area contributed by atoms with Gasteiger partial charge in [-0.15, -0.1) is 4.48 Å². The lowest BCUT2D eigenvalue weighted by Crippen LogP contribution is -2.38. The highest BCUT2D eigenvalue weighted by Gasteiger charge is 2.37. The number of ether oxygens (including phenoxy) is 1. The van der Waals surface area contributed by atoms with E-state index in [1.807, 2.05) is 13.8 Å². The maximum atomic E-state index is 15.2. The first-order chi connectivity index (χ1) is 14.6. The van der Waals surface area contributed by atoms with Gasteiger partial charge < -0.3 is 4.74 Å². The van der Waals surface area contributed by atoms with Crippen molar-refractivity contribution in [3.05, 3.63) is 53.1 Å². The van der Waals surface area contributed by atoms with Crippen LogP contribution in [-0.4, -0.2) is 40.6 Å². The minimum atomic E-state index is -4.54. The molecule has 2 aromatic carbocycles. The lowest BCUT2D eigenvalue weighted by atomic mass is 9.97. The molecule has 168 valence electrons. The Bertz CT molecular complexity index is 1200. The van der Waals surface area contributed by atoms with Gasteiger partial charge in [0.1, 0.15) is 0 Å². The zero-order valence-corrected chi connectivity index (χ0v) is 19.2. The number of hydrogen-bond donors (Lipinski definition) is 0. The van der Waals surface area contributed by atoms with Crippen molar-refractivity contribution < 1.29 is 26.1 Å². The smallest absolute Gasteiger partial charge is 0.269 e. The molecule has 0 aliphatic carbocycles. The summed E-state index contributed by atoms with van der Waals surface area (Å²) in [7, 11) is -8.48. The maximum absolute atomic E-state index is 15.2. The van der Waals surface area contributed by atoms with E-state index in [-0.39, 0.29) is 51.2 Å². The van der Waals surface area contributed by atoms with Crippen LogP contribution in [0.2, 0.25) is 0 Å². The van der Waals surface area contributed by atoms with Gasteiger partial charge in [0.25, 0.3) is 10.0 Å². The van der Waals surface area contributed by atoms with Crippen LogP contribution in [0.4, 0.5) is 4.48 Å². The van der Waals surface area contributed by atoms with Gasteiger partial charge in [0.2, 0.25) is 9.84 Å². The number of sulfonamides is 1. The van der Waals surface area contributed by atoms with E-state index in [0.29, 0.717) is 29.5 Å². The van der Waals surface area contributed by atoms with Crippen LogP contribution >= 0.6 is 0 Å². The molecule has 9 heteroatoms. The molecule has 2 aliphatic heterocycles. The molecule has 0 unspecified atom stereocenters. The zero-order chi connectivity index (χ0) is 22.4. The Hall–Kier alpha value is -1.81. The molecular formula is C22H26FNO5S2. The topological polar surface area (TPSA) is 80.8 Å². The standard InChI is InChI=1S/C22H26FNO5S2/c1-15(2)19-13-17-8-7-16-5-3-4-6-20(16)30(25,26)21(17)14-22(19)31(27,28)24(23)18-9-11-29-12-10-18/h3-6,13-15,18H,7-12H2,1-2H3. The van der Waals surface area contributed by atoms with Crippen LogP contribution in [0.25, 0.3) is 0 Å². The summed E-state index contributed by atoms with van der Waals surface area (Å²) in [4.78, 5) is -0.157. The van der Waals surface area contributed by atoms with E-state index in [2.05, 4.69) is 0 Å². The van der Waals surface area contributed by atoms with Crippen LogP contribution in [0, 0.1) is 0 Å². The average Bonchev–Trinajstić information content (AvgIpc) is 2.87. The highest BCUT2D eigenvalue weighted by Crippen LogP contribution is 2.38. The molecule has 2 aliphatic rings. The monoisotopic (exact) mass is 467 g/mol. The summed E-state index contributed by atoms with van der Waals surface area (Å²) >= 11 is 0. The molecule has 0 saturated carbocycles. The summed E-state index contributed by atoms with van der Waals surface area (Å²) in [6.07, 6.45) is 1.50. The van der Waals surface area contributed by atoms with Crippen LogP contribution in [0.1, 0.15) is 49.3 Å². The molecule has 0 atom stereocenters. The van der Waals surface area contributed by atoms with Crippen LogP contribution in [-0.2, 0) is 37.4 Å². The van der Waals surface area contributed by atoms with E-state index < -0.39 is 25.9 Å². The molecule has 1 fully saturated rings. The molecule has 6 nitrogen and oxygen atoms in total. The fourth-order valence-electron chi connectivity index (χ4n) is 4.28. The van der Waals surface area contributed by atoms with Gasteiger partial charge in [-0.25, -0.2) is 16.8 Å². The van der Waals surface area contributed by atoms with E-state index >= 15 is 4.48 Å². The Morgan fingerprint density at radius 2 is 1.68 bits per heavy atom. The summed E-state index contributed by atoms with van der Waals surface area (Å²) in [5.74, 6) is -0.230. The van der Waals surface area contributed by atoms with E-state index in [9.17, 15) is 16.8 Å². The van der Waals surface area contributed by atoms with Gasteiger partial charge in [-0.3, -0.25) is 0 Å². The van der Waals surface area contributed by atoms with Crippen LogP contribution in [0.5, 0.6) is 0 Å². The zero-order valence-electron chi connectivity index (χ0n) is 17.5. The highest BCUT2D eigenvalue weighted by molar-refractivity contribution is 7.91. The highest BCUT2D eigenvalue weighted by atomic mass is 32.2. The second-order valence-electron chi connectivity index (χ2n) is 8.35. The number of nitrogens with zero attached hydrogens (tertiary/aromatic N) is 1. The quantitative estimate of drug-likeness (QED) is 0.639. The molecule has 0 bridgehead atoms. The van der Waals surface area contributed by atoms with Crippen molar-refractivity contribution in [2.45, 2.75) is 66.2 Å². The van der Waals surface area contributed by atoms with Crippen LogP contribution < -0.4 is 0 Å². The van der Waals surface area contributed by atoms with Crippen molar-refractivity contribution in [1.29, 1.82) is 0 Å². The number of fused-ring (bicyclic) bond motifs is 2. The SMILES string of the molecule is CC(C)c1cc2c(cc1S(=O)(=O)N(F)C1CCOCC1)S(=O)(=O)c1ccccc1CC2. The van der Waals surface area contributed by atoms with Crippen LogP contribution in [0.3, 0.4) is 0 Å². The number of rotatable bonds is 4. The van der Waals surface area contributed by atoms with E-state index in [1.165, 1.54) is 12.1 Å². The van der Waals surface area contributed by atoms with Gasteiger partial charge in [0.15, 0.2) is 0 Å². The summed E-state index contributed by atoms with van der Waals surface area (Å²) in [6, 6.07) is 8.72. The van der Waals surface area contributed by atoms with Gasteiger partial charge >= 0.3 is 0 Å². The van der Waals surface area contributed by atoms with E-state index in [0.717, 1.165) is 0 Å². The third-order valence-electron chi connectivity index (χ3n) is 6.02. The maximum Gasteiger partial charge on any atom is 0.269 e. The van der Waals surface area contributed by atoms with E-state index in [1.54, 1.807) is 24.3 Å². The fourth-order valence-corrected chi connectivity index (χ4v) is 7.80. The molecule has 0 aromatic heterocycles. The van der Waals surface area contributed by atoms with E-state index in [4.69, 9.17) is 4.74 Å². The number of halogens is 1. The predicted octanol–water partition coefficient (Wildman–Crippen LogP) is 3.80. The number of benzene rings is 2. The minimum Gasteiger partial charge on any atom is -0.381 e. The van der Waals surface area contributed by atoms with Gasteiger partial charge in [-0.1, -0.05) is 38.1 Å². The third kappa shape index (κ3) is 3.92. The normalized spacial score (nSPS) is 19.1. The van der Waals surface area contributed by atoms with Crippen molar-refractivity contribution >= 4 is 19.9 Å². The average molecular weight is 468 g/mol. The second-order valence-corrected chi connectivity index (χ2v) is 12.0. The van der Waals surface area contributed by atoms with Crippen molar-refractivity contribution in [2.75, 3.05) is 13.2 Å². The Balaban J connectivity index is 1.90. The second kappa shape index (κ2) is 8.27. The number of aryl methyl sites for hydroxylation is 2. The van der Waals surface area contributed by atoms with Crippen molar-refractivity contribution in [3.63, 3.8) is 0 Å². The van der Waals surface area contributed by atoms with Gasteiger partial charge in [-0.05, 0) is 65.0 Å².